The minimum Gasteiger partial charge on any atom is -0.355 e. The maximum absolute atomic E-state index is 11.5. The largest absolute Gasteiger partial charge is 0.355 e. The van der Waals surface area contributed by atoms with Gasteiger partial charge in [0.15, 0.2) is 0 Å². The number of primary sulfonamides is 1. The van der Waals surface area contributed by atoms with Crippen molar-refractivity contribution in [2.45, 2.75) is 6.92 Å². The van der Waals surface area contributed by atoms with Crippen LogP contribution >= 0.6 is 0 Å². The highest BCUT2D eigenvalue weighted by atomic mass is 32.2. The maximum Gasteiger partial charge on any atom is 0.223 e. The predicted octanol–water partition coefficient (Wildman–Crippen LogP) is -1.75. The van der Waals surface area contributed by atoms with Gasteiger partial charge in [-0.2, -0.15) is 0 Å². The number of hydrogen-bond donors (Lipinski definition) is 3. The topological polar surface area (TPSA) is 101 Å². The molecule has 7 heteroatoms. The van der Waals surface area contributed by atoms with Gasteiger partial charge in [-0.15, -0.1) is 0 Å². The number of carbonyl (C=O) groups is 1. The molecule has 0 spiro atoms. The molecule has 1 rings (SSSR count). The smallest absolute Gasteiger partial charge is 0.223 e. The van der Waals surface area contributed by atoms with Crippen LogP contribution in [-0.2, 0) is 14.8 Å². The molecule has 1 aliphatic heterocycles. The van der Waals surface area contributed by atoms with E-state index in [0.717, 1.165) is 13.1 Å². The Morgan fingerprint density at radius 1 is 1.60 bits per heavy atom. The van der Waals surface area contributed by atoms with E-state index in [-0.39, 0.29) is 24.1 Å². The van der Waals surface area contributed by atoms with Crippen molar-refractivity contribution >= 4 is 15.9 Å². The van der Waals surface area contributed by atoms with Crippen LogP contribution in [0.4, 0.5) is 0 Å². The van der Waals surface area contributed by atoms with E-state index in [2.05, 4.69) is 10.6 Å². The quantitative estimate of drug-likeness (QED) is 0.526. The molecule has 0 radical (unpaired) electrons. The van der Waals surface area contributed by atoms with Gasteiger partial charge >= 0.3 is 0 Å². The first-order valence-corrected chi connectivity index (χ1v) is 6.60. The minimum absolute atomic E-state index is 0.0771. The highest BCUT2D eigenvalue weighted by Crippen LogP contribution is 2.15. The van der Waals surface area contributed by atoms with E-state index in [9.17, 15) is 13.2 Å². The van der Waals surface area contributed by atoms with Crippen molar-refractivity contribution in [1.29, 1.82) is 0 Å². The first-order valence-electron chi connectivity index (χ1n) is 4.89. The summed E-state index contributed by atoms with van der Waals surface area (Å²) in [7, 11) is -3.48. The molecule has 0 saturated carbocycles. The van der Waals surface area contributed by atoms with Gasteiger partial charge < -0.3 is 10.6 Å². The van der Waals surface area contributed by atoms with Crippen molar-refractivity contribution in [1.82, 2.24) is 10.6 Å². The lowest BCUT2D eigenvalue weighted by molar-refractivity contribution is -0.126. The molecule has 4 N–H and O–H groups in total. The number of amides is 1. The van der Waals surface area contributed by atoms with Gasteiger partial charge in [-0.05, 0) is 19.0 Å². The fourth-order valence-corrected chi connectivity index (χ4v) is 1.74. The van der Waals surface area contributed by atoms with E-state index >= 15 is 0 Å². The molecule has 1 atom stereocenters. The van der Waals surface area contributed by atoms with Crippen LogP contribution in [0, 0.1) is 11.8 Å². The van der Waals surface area contributed by atoms with E-state index in [1.165, 1.54) is 0 Å². The minimum atomic E-state index is -3.48. The molecule has 0 bridgehead atoms. The van der Waals surface area contributed by atoms with Gasteiger partial charge in [0.2, 0.25) is 15.9 Å². The van der Waals surface area contributed by atoms with Crippen molar-refractivity contribution in [2.75, 3.05) is 25.4 Å². The molecule has 1 saturated heterocycles. The number of nitrogens with one attached hydrogen (secondary N) is 2. The molecule has 0 aromatic heterocycles. The van der Waals surface area contributed by atoms with E-state index in [4.69, 9.17) is 5.14 Å². The second-order valence-corrected chi connectivity index (χ2v) is 5.60. The summed E-state index contributed by atoms with van der Waals surface area (Å²) in [6.07, 6.45) is 0. The van der Waals surface area contributed by atoms with E-state index < -0.39 is 10.0 Å². The molecule has 0 aromatic carbocycles. The van der Waals surface area contributed by atoms with Gasteiger partial charge in [-0.1, -0.05) is 6.92 Å². The molecule has 0 aliphatic carbocycles. The van der Waals surface area contributed by atoms with Crippen molar-refractivity contribution in [3.8, 4) is 0 Å². The van der Waals surface area contributed by atoms with Crippen LogP contribution in [0.5, 0.6) is 0 Å². The van der Waals surface area contributed by atoms with Crippen LogP contribution in [0.2, 0.25) is 0 Å². The zero-order valence-corrected chi connectivity index (χ0v) is 9.51. The highest BCUT2D eigenvalue weighted by Gasteiger charge is 2.28. The summed E-state index contributed by atoms with van der Waals surface area (Å²) >= 11 is 0. The predicted molar refractivity (Wildman–Crippen MR) is 56.5 cm³/mol. The molecule has 1 fully saturated rings. The Bertz CT molecular complexity index is 324. The molecule has 88 valence electrons. The molecule has 1 heterocycles. The van der Waals surface area contributed by atoms with E-state index in [1.54, 1.807) is 0 Å². The van der Waals surface area contributed by atoms with Crippen molar-refractivity contribution in [2.24, 2.45) is 17.0 Å². The Balaban J connectivity index is 2.23. The molecule has 1 aliphatic rings. The second kappa shape index (κ2) is 4.91. The monoisotopic (exact) mass is 235 g/mol. The molecule has 1 unspecified atom stereocenters. The standard InChI is InChI=1S/C8H17N3O3S/c1-6(7-4-10-5-7)8(12)11-2-3-15(9,13)14/h6-7,10H,2-5H2,1H3,(H,11,12)(H2,9,13,14). The number of rotatable bonds is 5. The van der Waals surface area contributed by atoms with Gasteiger partial charge in [-0.3, -0.25) is 4.79 Å². The number of nitrogens with two attached hydrogens (primary N) is 1. The van der Waals surface area contributed by atoms with Gasteiger partial charge in [0.25, 0.3) is 0 Å². The van der Waals surface area contributed by atoms with Crippen LogP contribution in [0.1, 0.15) is 6.92 Å². The molecular weight excluding hydrogens is 218 g/mol. The van der Waals surface area contributed by atoms with Crippen LogP contribution in [0.3, 0.4) is 0 Å². The Morgan fingerprint density at radius 2 is 2.20 bits per heavy atom. The van der Waals surface area contributed by atoms with Crippen molar-refractivity contribution in [3.63, 3.8) is 0 Å². The summed E-state index contributed by atoms with van der Waals surface area (Å²) < 4.78 is 21.2. The third kappa shape index (κ3) is 4.15. The zero-order chi connectivity index (χ0) is 11.5. The Morgan fingerprint density at radius 3 is 2.60 bits per heavy atom. The molecule has 6 nitrogen and oxygen atoms in total. The Kier molecular flexibility index (Phi) is 4.06. The third-order valence-corrected chi connectivity index (χ3v) is 3.39. The van der Waals surface area contributed by atoms with Gasteiger partial charge in [-0.25, -0.2) is 13.6 Å². The summed E-state index contributed by atoms with van der Waals surface area (Å²) in [6.45, 7) is 3.63. The third-order valence-electron chi connectivity index (χ3n) is 2.62. The zero-order valence-electron chi connectivity index (χ0n) is 8.69. The van der Waals surface area contributed by atoms with Gasteiger partial charge in [0.05, 0.1) is 5.75 Å². The maximum atomic E-state index is 11.5. The number of hydrogen-bond acceptors (Lipinski definition) is 4. The van der Waals surface area contributed by atoms with Crippen LogP contribution in [0.15, 0.2) is 0 Å². The van der Waals surface area contributed by atoms with Crippen LogP contribution < -0.4 is 15.8 Å². The lowest BCUT2D eigenvalue weighted by atomic mass is 9.88. The van der Waals surface area contributed by atoms with E-state index in [1.807, 2.05) is 6.92 Å². The van der Waals surface area contributed by atoms with Crippen molar-refractivity contribution in [3.05, 3.63) is 0 Å². The SMILES string of the molecule is CC(C(=O)NCCS(N)(=O)=O)C1CNC1. The Labute approximate surface area is 89.6 Å². The summed E-state index contributed by atoms with van der Waals surface area (Å²) in [5.74, 6) is -0.0367. The van der Waals surface area contributed by atoms with Crippen LogP contribution in [-0.4, -0.2) is 39.7 Å². The van der Waals surface area contributed by atoms with Crippen LogP contribution in [0.25, 0.3) is 0 Å². The lowest BCUT2D eigenvalue weighted by Crippen LogP contribution is -2.50. The summed E-state index contributed by atoms with van der Waals surface area (Å²) in [5.41, 5.74) is 0. The molecular formula is C8H17N3O3S. The lowest BCUT2D eigenvalue weighted by Gasteiger charge is -2.31. The van der Waals surface area contributed by atoms with Gasteiger partial charge in [0.1, 0.15) is 0 Å². The average Bonchev–Trinajstić information content (AvgIpc) is 1.98. The Hall–Kier alpha value is -0.660. The first kappa shape index (κ1) is 12.4. The number of sulfonamides is 1. The molecule has 15 heavy (non-hydrogen) atoms. The summed E-state index contributed by atoms with van der Waals surface area (Å²) in [6, 6.07) is 0. The highest BCUT2D eigenvalue weighted by molar-refractivity contribution is 7.89. The average molecular weight is 235 g/mol. The van der Waals surface area contributed by atoms with E-state index in [0.29, 0.717) is 5.92 Å². The van der Waals surface area contributed by atoms with Gasteiger partial charge in [0, 0.05) is 12.5 Å². The molecule has 1 amide bonds. The fraction of sp³-hybridized carbons (Fsp3) is 0.875. The molecule has 0 aromatic rings. The normalized spacial score (nSPS) is 19.3. The summed E-state index contributed by atoms with van der Waals surface area (Å²) in [5, 5.41) is 10.4. The number of carbonyl (C=O) groups excluding carboxylic acids is 1. The fourth-order valence-electron chi connectivity index (χ4n) is 1.36. The second-order valence-electron chi connectivity index (χ2n) is 3.87. The van der Waals surface area contributed by atoms with Crippen molar-refractivity contribution < 1.29 is 13.2 Å². The first-order chi connectivity index (χ1) is 6.90. The summed E-state index contributed by atoms with van der Waals surface area (Å²) in [4.78, 5) is 11.5.